The van der Waals surface area contributed by atoms with Gasteiger partial charge in [-0.1, -0.05) is 25.0 Å². The molecule has 0 aliphatic heterocycles. The fourth-order valence-corrected chi connectivity index (χ4v) is 3.83. The Morgan fingerprint density at radius 1 is 1.06 bits per heavy atom. The number of amides is 1. The van der Waals surface area contributed by atoms with Gasteiger partial charge in [0, 0.05) is 18.5 Å². The summed E-state index contributed by atoms with van der Waals surface area (Å²) in [5, 5.41) is 2.91. The summed E-state index contributed by atoms with van der Waals surface area (Å²) in [7, 11) is 0. The average Bonchev–Trinajstić information content (AvgIpc) is 3.23. The number of alkyl halides is 3. The first kappa shape index (κ1) is 20.7. The van der Waals surface area contributed by atoms with Gasteiger partial charge in [0.05, 0.1) is 11.1 Å². The maximum Gasteiger partial charge on any atom is 0.416 e. The summed E-state index contributed by atoms with van der Waals surface area (Å²) < 4.78 is 38.8. The van der Waals surface area contributed by atoms with Crippen LogP contribution in [-0.4, -0.2) is 25.8 Å². The number of hydrogen-bond donors (Lipinski definition) is 2. The van der Waals surface area contributed by atoms with Gasteiger partial charge in [-0.3, -0.25) is 9.59 Å². The van der Waals surface area contributed by atoms with E-state index in [1.807, 2.05) is 0 Å². The zero-order valence-electron chi connectivity index (χ0n) is 16.2. The third-order valence-electron chi connectivity index (χ3n) is 5.33. The van der Waals surface area contributed by atoms with E-state index in [1.165, 1.54) is 24.5 Å². The van der Waals surface area contributed by atoms with Crippen molar-refractivity contribution >= 4 is 5.91 Å². The molecule has 1 aliphatic rings. The molecular formula is C21H18F3N5O2. The maximum atomic E-state index is 13.0. The molecule has 3 aromatic rings. The quantitative estimate of drug-likeness (QED) is 0.662. The number of carbonyl (C=O) groups is 1. The Morgan fingerprint density at radius 2 is 1.71 bits per heavy atom. The van der Waals surface area contributed by atoms with E-state index >= 15 is 0 Å². The van der Waals surface area contributed by atoms with Crippen molar-refractivity contribution in [1.82, 2.24) is 25.3 Å². The van der Waals surface area contributed by atoms with E-state index in [0.29, 0.717) is 18.4 Å². The molecule has 1 amide bonds. The number of aromatic amines is 1. The number of benzene rings is 1. The van der Waals surface area contributed by atoms with Crippen molar-refractivity contribution < 1.29 is 18.0 Å². The second-order valence-corrected chi connectivity index (χ2v) is 7.37. The van der Waals surface area contributed by atoms with Crippen LogP contribution in [0.1, 0.15) is 47.3 Å². The van der Waals surface area contributed by atoms with E-state index in [0.717, 1.165) is 31.0 Å². The van der Waals surface area contributed by atoms with Gasteiger partial charge in [0.15, 0.2) is 11.6 Å². The highest BCUT2D eigenvalue weighted by molar-refractivity contribution is 5.93. The van der Waals surface area contributed by atoms with E-state index in [4.69, 9.17) is 0 Å². The van der Waals surface area contributed by atoms with E-state index < -0.39 is 28.7 Å². The summed E-state index contributed by atoms with van der Waals surface area (Å²) >= 11 is 0. The summed E-state index contributed by atoms with van der Waals surface area (Å²) in [6, 6.07) is 7.48. The minimum absolute atomic E-state index is 0.0493. The summed E-state index contributed by atoms with van der Waals surface area (Å²) in [4.78, 5) is 39.8. The van der Waals surface area contributed by atoms with Crippen LogP contribution in [0.5, 0.6) is 0 Å². The van der Waals surface area contributed by atoms with Gasteiger partial charge in [-0.25, -0.2) is 15.0 Å². The molecule has 1 aliphatic carbocycles. The van der Waals surface area contributed by atoms with Gasteiger partial charge in [-0.15, -0.1) is 0 Å². The largest absolute Gasteiger partial charge is 0.416 e. The van der Waals surface area contributed by atoms with Gasteiger partial charge in [-0.05, 0) is 36.6 Å². The lowest BCUT2D eigenvalue weighted by Gasteiger charge is -2.31. The van der Waals surface area contributed by atoms with Gasteiger partial charge in [0.1, 0.15) is 5.69 Å². The molecule has 7 nitrogen and oxygen atoms in total. The van der Waals surface area contributed by atoms with E-state index in [1.54, 1.807) is 6.07 Å². The summed E-state index contributed by atoms with van der Waals surface area (Å²) in [6.07, 6.45) is 1.29. The Kier molecular flexibility index (Phi) is 5.30. The topological polar surface area (TPSA) is 101 Å². The number of hydrogen-bond acceptors (Lipinski definition) is 5. The first-order chi connectivity index (χ1) is 14.8. The highest BCUT2D eigenvalue weighted by Gasteiger charge is 2.38. The van der Waals surface area contributed by atoms with Crippen molar-refractivity contribution in [2.45, 2.75) is 37.4 Å². The van der Waals surface area contributed by atoms with Crippen molar-refractivity contribution in [2.24, 2.45) is 0 Å². The Morgan fingerprint density at radius 3 is 2.32 bits per heavy atom. The summed E-state index contributed by atoms with van der Waals surface area (Å²) in [5.41, 5.74) is -1.65. The molecule has 0 spiro atoms. The standard InChI is InChI=1S/C21H18F3N5O2/c22-21(23,24)14-6-4-13(5-7-14)20(8-1-2-9-20)29-19(31)15-12-16(30)28-18(27-15)17-25-10-3-11-26-17/h3-7,10-12H,1-2,8-9H2,(H,29,31)(H,27,28,30). The number of nitrogens with one attached hydrogen (secondary N) is 2. The lowest BCUT2D eigenvalue weighted by molar-refractivity contribution is -0.137. The van der Waals surface area contributed by atoms with Crippen LogP contribution < -0.4 is 10.9 Å². The number of aromatic nitrogens is 4. The first-order valence-corrected chi connectivity index (χ1v) is 9.66. The molecular weight excluding hydrogens is 411 g/mol. The Hall–Kier alpha value is -3.56. The van der Waals surface area contributed by atoms with Crippen LogP contribution >= 0.6 is 0 Å². The van der Waals surface area contributed by atoms with Crippen LogP contribution in [0.25, 0.3) is 11.6 Å². The predicted molar refractivity (Wildman–Crippen MR) is 105 cm³/mol. The number of halogens is 3. The molecule has 0 saturated heterocycles. The summed E-state index contributed by atoms with van der Waals surface area (Å²) in [5.74, 6) is -0.383. The minimum atomic E-state index is -4.44. The Labute approximate surface area is 174 Å². The van der Waals surface area contributed by atoms with Crippen molar-refractivity contribution in [2.75, 3.05) is 0 Å². The molecule has 160 valence electrons. The molecule has 0 radical (unpaired) electrons. The van der Waals surface area contributed by atoms with Crippen molar-refractivity contribution in [1.29, 1.82) is 0 Å². The molecule has 2 heterocycles. The normalized spacial score (nSPS) is 15.6. The second-order valence-electron chi connectivity index (χ2n) is 7.37. The van der Waals surface area contributed by atoms with Crippen LogP contribution in [-0.2, 0) is 11.7 Å². The van der Waals surface area contributed by atoms with Crippen LogP contribution in [0, 0.1) is 0 Å². The van der Waals surface area contributed by atoms with Gasteiger partial charge in [0.2, 0.25) is 0 Å². The fourth-order valence-electron chi connectivity index (χ4n) is 3.83. The molecule has 0 bridgehead atoms. The molecule has 2 N–H and O–H groups in total. The van der Waals surface area contributed by atoms with Gasteiger partial charge in [0.25, 0.3) is 11.5 Å². The molecule has 2 aromatic heterocycles. The SMILES string of the molecule is O=C(NC1(c2ccc(C(F)(F)F)cc2)CCCC1)c1cc(=O)[nH]c(-c2ncccn2)n1. The lowest BCUT2D eigenvalue weighted by atomic mass is 9.87. The fraction of sp³-hybridized carbons (Fsp3) is 0.286. The summed E-state index contributed by atoms with van der Waals surface area (Å²) in [6.45, 7) is 0. The zero-order valence-corrected chi connectivity index (χ0v) is 16.2. The van der Waals surface area contributed by atoms with Gasteiger partial charge >= 0.3 is 6.18 Å². The molecule has 4 rings (SSSR count). The van der Waals surface area contributed by atoms with E-state index in [2.05, 4.69) is 25.3 Å². The molecule has 1 aromatic carbocycles. The highest BCUT2D eigenvalue weighted by atomic mass is 19.4. The van der Waals surface area contributed by atoms with E-state index in [9.17, 15) is 22.8 Å². The maximum absolute atomic E-state index is 13.0. The van der Waals surface area contributed by atoms with E-state index in [-0.39, 0.29) is 17.3 Å². The van der Waals surface area contributed by atoms with Crippen molar-refractivity contribution in [3.63, 3.8) is 0 Å². The highest BCUT2D eigenvalue weighted by Crippen LogP contribution is 2.40. The molecule has 1 saturated carbocycles. The Bertz CT molecular complexity index is 1140. The number of H-pyrrole nitrogens is 1. The monoisotopic (exact) mass is 429 g/mol. The zero-order chi connectivity index (χ0) is 22.1. The lowest BCUT2D eigenvalue weighted by Crippen LogP contribution is -2.44. The third-order valence-corrected chi connectivity index (χ3v) is 5.33. The third kappa shape index (κ3) is 4.32. The van der Waals surface area contributed by atoms with Gasteiger partial charge in [-0.2, -0.15) is 13.2 Å². The van der Waals surface area contributed by atoms with Gasteiger partial charge < -0.3 is 10.3 Å². The van der Waals surface area contributed by atoms with Crippen LogP contribution in [0.15, 0.2) is 53.6 Å². The smallest absolute Gasteiger partial charge is 0.341 e. The Balaban J connectivity index is 1.64. The van der Waals surface area contributed by atoms with Crippen molar-refractivity contribution in [3.05, 3.63) is 76.0 Å². The molecule has 1 fully saturated rings. The average molecular weight is 429 g/mol. The van der Waals surface area contributed by atoms with Crippen molar-refractivity contribution in [3.8, 4) is 11.6 Å². The first-order valence-electron chi connectivity index (χ1n) is 9.66. The molecule has 0 atom stereocenters. The van der Waals surface area contributed by atoms with Crippen LogP contribution in [0.2, 0.25) is 0 Å². The predicted octanol–water partition coefficient (Wildman–Crippen LogP) is 3.45. The molecule has 10 heteroatoms. The molecule has 31 heavy (non-hydrogen) atoms. The number of rotatable bonds is 4. The second kappa shape index (κ2) is 7.93. The van der Waals surface area contributed by atoms with Crippen LogP contribution in [0.3, 0.4) is 0 Å². The minimum Gasteiger partial charge on any atom is -0.341 e. The molecule has 0 unspecified atom stereocenters. The van der Waals surface area contributed by atoms with Crippen LogP contribution in [0.4, 0.5) is 13.2 Å². The number of nitrogens with zero attached hydrogens (tertiary/aromatic N) is 3. The number of carbonyl (C=O) groups excluding carboxylic acids is 1.